The monoisotopic (exact) mass is 298 g/mol. The van der Waals surface area contributed by atoms with Gasteiger partial charge in [0.2, 0.25) is 11.8 Å². The summed E-state index contributed by atoms with van der Waals surface area (Å²) >= 11 is 11.8. The quantitative estimate of drug-likeness (QED) is 0.902. The summed E-state index contributed by atoms with van der Waals surface area (Å²) in [5.74, 6) is 1.48. The zero-order chi connectivity index (χ0) is 13.8. The molecule has 0 saturated carbocycles. The van der Waals surface area contributed by atoms with Crippen LogP contribution in [0.5, 0.6) is 11.6 Å². The predicted octanol–water partition coefficient (Wildman–Crippen LogP) is 3.59. The first-order chi connectivity index (χ1) is 9.08. The van der Waals surface area contributed by atoms with Crippen LogP contribution >= 0.6 is 23.2 Å². The summed E-state index contributed by atoms with van der Waals surface area (Å²) in [5.41, 5.74) is 5.61. The van der Waals surface area contributed by atoms with Gasteiger partial charge in [-0.1, -0.05) is 23.2 Å². The number of nitrogen functional groups attached to an aromatic ring is 1. The number of hydrogen-bond donors (Lipinski definition) is 2. The third-order valence-corrected chi connectivity index (χ3v) is 2.72. The van der Waals surface area contributed by atoms with Crippen molar-refractivity contribution < 1.29 is 4.74 Å². The van der Waals surface area contributed by atoms with Gasteiger partial charge in [-0.2, -0.15) is 9.97 Å². The molecule has 7 heteroatoms. The average Bonchev–Trinajstić information content (AvgIpc) is 2.32. The molecule has 2 aromatic rings. The van der Waals surface area contributed by atoms with Crippen LogP contribution in [0.4, 0.5) is 11.8 Å². The van der Waals surface area contributed by atoms with E-state index in [2.05, 4.69) is 15.3 Å². The summed E-state index contributed by atoms with van der Waals surface area (Å²) in [4.78, 5) is 8.01. The van der Waals surface area contributed by atoms with Crippen LogP contribution in [0.1, 0.15) is 6.92 Å². The van der Waals surface area contributed by atoms with Gasteiger partial charge in [-0.15, -0.1) is 0 Å². The molecule has 0 amide bonds. The van der Waals surface area contributed by atoms with Crippen LogP contribution in [0, 0.1) is 0 Å². The number of benzene rings is 1. The van der Waals surface area contributed by atoms with Crippen LogP contribution in [-0.2, 0) is 0 Å². The fraction of sp³-hybridized carbons (Fsp3) is 0.167. The van der Waals surface area contributed by atoms with E-state index in [-0.39, 0.29) is 5.95 Å². The van der Waals surface area contributed by atoms with E-state index >= 15 is 0 Å². The van der Waals surface area contributed by atoms with Gasteiger partial charge in [-0.25, -0.2) is 0 Å². The first-order valence-corrected chi connectivity index (χ1v) is 6.35. The maximum absolute atomic E-state index is 6.02. The number of halogens is 2. The van der Waals surface area contributed by atoms with Crippen LogP contribution in [0.15, 0.2) is 24.3 Å². The lowest BCUT2D eigenvalue weighted by Gasteiger charge is -2.09. The van der Waals surface area contributed by atoms with Crippen molar-refractivity contribution in [2.24, 2.45) is 0 Å². The van der Waals surface area contributed by atoms with Gasteiger partial charge < -0.3 is 15.8 Å². The lowest BCUT2D eigenvalue weighted by Crippen LogP contribution is -2.04. The molecule has 0 aliphatic carbocycles. The predicted molar refractivity (Wildman–Crippen MR) is 77.1 cm³/mol. The molecule has 2 rings (SSSR count). The molecule has 0 fully saturated rings. The molecule has 19 heavy (non-hydrogen) atoms. The lowest BCUT2D eigenvalue weighted by atomic mass is 10.3. The highest BCUT2D eigenvalue weighted by Crippen LogP contribution is 2.31. The highest BCUT2D eigenvalue weighted by Gasteiger charge is 2.07. The van der Waals surface area contributed by atoms with Crippen molar-refractivity contribution in [2.75, 3.05) is 17.6 Å². The second kappa shape index (κ2) is 5.95. The highest BCUT2D eigenvalue weighted by molar-refractivity contribution is 6.35. The SMILES string of the molecule is CCNc1cc(Oc2ccc(Cl)cc2Cl)nc(N)n1. The van der Waals surface area contributed by atoms with E-state index < -0.39 is 0 Å². The maximum Gasteiger partial charge on any atom is 0.226 e. The Balaban J connectivity index is 2.27. The summed E-state index contributed by atoms with van der Waals surface area (Å²) in [5, 5.41) is 3.97. The fourth-order valence-corrected chi connectivity index (χ4v) is 1.88. The highest BCUT2D eigenvalue weighted by atomic mass is 35.5. The van der Waals surface area contributed by atoms with E-state index in [1.165, 1.54) is 0 Å². The zero-order valence-corrected chi connectivity index (χ0v) is 11.7. The van der Waals surface area contributed by atoms with Crippen molar-refractivity contribution in [3.05, 3.63) is 34.3 Å². The van der Waals surface area contributed by atoms with Gasteiger partial charge in [0, 0.05) is 17.6 Å². The van der Waals surface area contributed by atoms with Crippen LogP contribution in [0.25, 0.3) is 0 Å². The summed E-state index contributed by atoms with van der Waals surface area (Å²) in [6, 6.07) is 6.58. The number of nitrogens with one attached hydrogen (secondary N) is 1. The Kier molecular flexibility index (Phi) is 4.29. The minimum atomic E-state index is 0.124. The topological polar surface area (TPSA) is 73.1 Å². The zero-order valence-electron chi connectivity index (χ0n) is 10.2. The Hall–Kier alpha value is -1.72. The molecule has 0 aliphatic rings. The molecule has 1 heterocycles. The van der Waals surface area contributed by atoms with E-state index in [0.29, 0.717) is 27.5 Å². The number of nitrogens with zero attached hydrogens (tertiary/aromatic N) is 2. The second-order valence-electron chi connectivity index (χ2n) is 3.66. The Labute approximate surface area is 120 Å². The van der Waals surface area contributed by atoms with E-state index in [9.17, 15) is 0 Å². The van der Waals surface area contributed by atoms with E-state index in [0.717, 1.165) is 6.54 Å². The molecule has 0 unspecified atom stereocenters. The molecule has 0 saturated heterocycles. The van der Waals surface area contributed by atoms with Crippen molar-refractivity contribution >= 4 is 35.0 Å². The second-order valence-corrected chi connectivity index (χ2v) is 4.50. The Bertz CT molecular complexity index is 592. The molecule has 5 nitrogen and oxygen atoms in total. The van der Waals surface area contributed by atoms with Gasteiger partial charge in [0.1, 0.15) is 11.6 Å². The molecule has 0 bridgehead atoms. The van der Waals surface area contributed by atoms with E-state index in [4.69, 9.17) is 33.7 Å². The molecule has 1 aromatic heterocycles. The number of rotatable bonds is 4. The largest absolute Gasteiger partial charge is 0.437 e. The van der Waals surface area contributed by atoms with Gasteiger partial charge in [0.25, 0.3) is 0 Å². The molecule has 3 N–H and O–H groups in total. The number of anilines is 2. The Morgan fingerprint density at radius 1 is 1.26 bits per heavy atom. The summed E-state index contributed by atoms with van der Waals surface area (Å²) < 4.78 is 5.57. The average molecular weight is 299 g/mol. The van der Waals surface area contributed by atoms with Gasteiger partial charge in [0.15, 0.2) is 0 Å². The first kappa shape index (κ1) is 13.7. The first-order valence-electron chi connectivity index (χ1n) is 5.60. The van der Waals surface area contributed by atoms with Gasteiger partial charge in [-0.05, 0) is 25.1 Å². The fourth-order valence-electron chi connectivity index (χ4n) is 1.44. The van der Waals surface area contributed by atoms with E-state index in [1.807, 2.05) is 6.92 Å². The van der Waals surface area contributed by atoms with Crippen LogP contribution in [0.3, 0.4) is 0 Å². The molecule has 1 aromatic carbocycles. The molecule has 100 valence electrons. The molecule has 0 atom stereocenters. The number of hydrogen-bond acceptors (Lipinski definition) is 5. The number of nitrogens with two attached hydrogens (primary N) is 1. The normalized spacial score (nSPS) is 10.3. The minimum absolute atomic E-state index is 0.124. The van der Waals surface area contributed by atoms with Gasteiger partial charge in [0.05, 0.1) is 5.02 Å². The van der Waals surface area contributed by atoms with Crippen LogP contribution in [0.2, 0.25) is 10.0 Å². The third kappa shape index (κ3) is 3.62. The summed E-state index contributed by atoms with van der Waals surface area (Å²) in [7, 11) is 0. The summed E-state index contributed by atoms with van der Waals surface area (Å²) in [6.45, 7) is 2.67. The van der Waals surface area contributed by atoms with Crippen molar-refractivity contribution in [3.63, 3.8) is 0 Å². The summed E-state index contributed by atoms with van der Waals surface area (Å²) in [6.07, 6.45) is 0. The van der Waals surface area contributed by atoms with Crippen molar-refractivity contribution in [1.29, 1.82) is 0 Å². The molecule has 0 radical (unpaired) electrons. The van der Waals surface area contributed by atoms with Crippen molar-refractivity contribution in [1.82, 2.24) is 9.97 Å². The minimum Gasteiger partial charge on any atom is -0.437 e. The number of ether oxygens (including phenoxy) is 1. The van der Waals surface area contributed by atoms with Crippen molar-refractivity contribution in [3.8, 4) is 11.6 Å². The molecule has 0 aliphatic heterocycles. The Morgan fingerprint density at radius 3 is 2.74 bits per heavy atom. The molecular formula is C12H12Cl2N4O. The van der Waals surface area contributed by atoms with Gasteiger partial charge in [-0.3, -0.25) is 0 Å². The maximum atomic E-state index is 6.02. The van der Waals surface area contributed by atoms with Crippen LogP contribution in [-0.4, -0.2) is 16.5 Å². The molecular weight excluding hydrogens is 287 g/mol. The van der Waals surface area contributed by atoms with Crippen LogP contribution < -0.4 is 15.8 Å². The third-order valence-electron chi connectivity index (χ3n) is 2.19. The lowest BCUT2D eigenvalue weighted by molar-refractivity contribution is 0.463. The Morgan fingerprint density at radius 2 is 2.05 bits per heavy atom. The smallest absolute Gasteiger partial charge is 0.226 e. The standard InChI is InChI=1S/C12H12Cl2N4O/c1-2-16-10-6-11(18-12(15)17-10)19-9-4-3-7(13)5-8(9)14/h3-6H,2H2,1H3,(H3,15,16,17,18). The van der Waals surface area contributed by atoms with Gasteiger partial charge >= 0.3 is 0 Å². The molecule has 0 spiro atoms. The van der Waals surface area contributed by atoms with E-state index in [1.54, 1.807) is 24.3 Å². The van der Waals surface area contributed by atoms with Crippen molar-refractivity contribution in [2.45, 2.75) is 6.92 Å². The number of aromatic nitrogens is 2.